The summed E-state index contributed by atoms with van der Waals surface area (Å²) in [6.07, 6.45) is 0.469. The Bertz CT molecular complexity index is 277. The maximum Gasteiger partial charge on any atom is 0.305 e. The summed E-state index contributed by atoms with van der Waals surface area (Å²) >= 11 is 0. The van der Waals surface area contributed by atoms with Gasteiger partial charge >= 0.3 is 5.97 Å². The number of esters is 1. The van der Waals surface area contributed by atoms with Crippen molar-refractivity contribution in [3.63, 3.8) is 0 Å². The first-order valence-electron chi connectivity index (χ1n) is 5.35. The minimum absolute atomic E-state index is 0.157. The first-order chi connectivity index (χ1) is 7.60. The highest BCUT2D eigenvalue weighted by Gasteiger charge is 1.90. The smallest absolute Gasteiger partial charge is 0.305 e. The summed E-state index contributed by atoms with van der Waals surface area (Å²) in [6, 6.07) is 10.5. The van der Waals surface area contributed by atoms with E-state index in [1.165, 1.54) is 12.7 Å². The Balaban J connectivity index is 0.000000325. The van der Waals surface area contributed by atoms with Gasteiger partial charge in [-0.2, -0.15) is 0 Å². The molecule has 1 aromatic rings. The summed E-state index contributed by atoms with van der Waals surface area (Å²) in [7, 11) is 5.53. The largest absolute Gasteiger partial charge is 0.469 e. The van der Waals surface area contributed by atoms with Crippen LogP contribution in [0.3, 0.4) is 0 Å². The molecule has 0 saturated carbocycles. The average molecular weight is 223 g/mol. The van der Waals surface area contributed by atoms with E-state index in [4.69, 9.17) is 0 Å². The summed E-state index contributed by atoms with van der Waals surface area (Å²) in [4.78, 5) is 12.1. The average Bonchev–Trinajstić information content (AvgIpc) is 2.29. The fourth-order valence-corrected chi connectivity index (χ4v) is 1.09. The van der Waals surface area contributed by atoms with Gasteiger partial charge in [0.15, 0.2) is 0 Å². The highest BCUT2D eigenvalue weighted by atomic mass is 16.5. The maximum atomic E-state index is 9.96. The molecule has 0 aliphatic carbocycles. The molecule has 0 bridgehead atoms. The number of methoxy groups -OCH3 is 1. The summed E-state index contributed by atoms with van der Waals surface area (Å²) < 4.78 is 4.26. The second-order valence-electron chi connectivity index (χ2n) is 3.65. The van der Waals surface area contributed by atoms with Crippen LogP contribution in [0.2, 0.25) is 0 Å². The van der Waals surface area contributed by atoms with E-state index in [9.17, 15) is 4.79 Å². The normalized spacial score (nSPS) is 9.31. The number of rotatable bonds is 3. The third kappa shape index (κ3) is 8.00. The summed E-state index contributed by atoms with van der Waals surface area (Å²) in [5.41, 5.74) is 1.37. The highest BCUT2D eigenvalue weighted by Crippen LogP contribution is 1.99. The van der Waals surface area contributed by atoms with Crippen LogP contribution >= 0.6 is 0 Å². The van der Waals surface area contributed by atoms with Crippen molar-refractivity contribution in [2.45, 2.75) is 19.9 Å². The minimum Gasteiger partial charge on any atom is -0.469 e. The maximum absolute atomic E-state index is 9.96. The van der Waals surface area contributed by atoms with E-state index in [1.54, 1.807) is 6.92 Å². The van der Waals surface area contributed by atoms with E-state index in [2.05, 4.69) is 48.0 Å². The zero-order valence-electron chi connectivity index (χ0n) is 10.6. The lowest BCUT2D eigenvalue weighted by atomic mass is 10.2. The first kappa shape index (κ1) is 14.6. The van der Waals surface area contributed by atoms with Gasteiger partial charge in [-0.05, 0) is 19.7 Å². The molecule has 3 heteroatoms. The molecule has 0 heterocycles. The van der Waals surface area contributed by atoms with Gasteiger partial charge in [0.2, 0.25) is 0 Å². The zero-order valence-corrected chi connectivity index (χ0v) is 10.6. The van der Waals surface area contributed by atoms with E-state index in [1.807, 2.05) is 6.07 Å². The minimum atomic E-state index is -0.157. The Morgan fingerprint density at radius 3 is 2.12 bits per heavy atom. The van der Waals surface area contributed by atoms with Crippen molar-refractivity contribution in [2.75, 3.05) is 21.2 Å². The topological polar surface area (TPSA) is 29.5 Å². The van der Waals surface area contributed by atoms with Crippen LogP contribution in [0.4, 0.5) is 0 Å². The van der Waals surface area contributed by atoms with Crippen molar-refractivity contribution < 1.29 is 9.53 Å². The van der Waals surface area contributed by atoms with Gasteiger partial charge in [0.1, 0.15) is 0 Å². The summed E-state index contributed by atoms with van der Waals surface area (Å²) in [5, 5.41) is 0. The third-order valence-electron chi connectivity index (χ3n) is 1.86. The fourth-order valence-electron chi connectivity index (χ4n) is 1.09. The van der Waals surface area contributed by atoms with Crippen molar-refractivity contribution in [1.82, 2.24) is 4.90 Å². The Kier molecular flexibility index (Phi) is 8.17. The molecule has 16 heavy (non-hydrogen) atoms. The Hall–Kier alpha value is -1.35. The van der Waals surface area contributed by atoms with Crippen LogP contribution in [0.25, 0.3) is 0 Å². The summed E-state index contributed by atoms with van der Waals surface area (Å²) in [6.45, 7) is 2.78. The number of benzene rings is 1. The van der Waals surface area contributed by atoms with Gasteiger partial charge in [0.25, 0.3) is 0 Å². The molecule has 0 aliphatic rings. The third-order valence-corrected chi connectivity index (χ3v) is 1.86. The van der Waals surface area contributed by atoms with E-state index in [0.29, 0.717) is 6.42 Å². The number of hydrogen-bond donors (Lipinski definition) is 0. The molecule has 1 aromatic carbocycles. The van der Waals surface area contributed by atoms with Crippen LogP contribution in [-0.2, 0) is 16.1 Å². The quantitative estimate of drug-likeness (QED) is 0.736. The second kappa shape index (κ2) is 8.92. The van der Waals surface area contributed by atoms with Crippen molar-refractivity contribution in [3.05, 3.63) is 35.9 Å². The van der Waals surface area contributed by atoms with Gasteiger partial charge < -0.3 is 9.64 Å². The van der Waals surface area contributed by atoms with Gasteiger partial charge in [-0.25, -0.2) is 0 Å². The standard InChI is InChI=1S/C9H13N.C4H8O2/c1-10(2)8-9-6-4-3-5-7-9;1-3-4(5)6-2/h3-7H,8H2,1-2H3;3H2,1-2H3. The molecular weight excluding hydrogens is 202 g/mol. The Labute approximate surface area is 98.0 Å². The van der Waals surface area contributed by atoms with Crippen LogP contribution < -0.4 is 0 Å². The van der Waals surface area contributed by atoms with E-state index in [-0.39, 0.29) is 5.97 Å². The SMILES string of the molecule is CCC(=O)OC.CN(C)Cc1ccccc1. The summed E-state index contributed by atoms with van der Waals surface area (Å²) in [5.74, 6) is -0.157. The number of hydrogen-bond acceptors (Lipinski definition) is 3. The molecule has 0 atom stereocenters. The zero-order chi connectivity index (χ0) is 12.4. The van der Waals surface area contributed by atoms with Gasteiger partial charge in [0, 0.05) is 13.0 Å². The molecule has 0 saturated heterocycles. The lowest BCUT2D eigenvalue weighted by molar-refractivity contribution is -0.140. The molecule has 0 spiro atoms. The lowest BCUT2D eigenvalue weighted by Gasteiger charge is -2.08. The molecule has 0 unspecified atom stereocenters. The van der Waals surface area contributed by atoms with E-state index >= 15 is 0 Å². The number of carbonyl (C=O) groups is 1. The number of carbonyl (C=O) groups excluding carboxylic acids is 1. The molecule has 0 fully saturated rings. The van der Waals surface area contributed by atoms with Crippen LogP contribution in [0, 0.1) is 0 Å². The molecule has 0 N–H and O–H groups in total. The number of ether oxygens (including phenoxy) is 1. The van der Waals surface area contributed by atoms with E-state index in [0.717, 1.165) is 6.54 Å². The highest BCUT2D eigenvalue weighted by molar-refractivity contribution is 5.68. The van der Waals surface area contributed by atoms with Crippen LogP contribution in [0.15, 0.2) is 30.3 Å². The van der Waals surface area contributed by atoms with E-state index < -0.39 is 0 Å². The second-order valence-corrected chi connectivity index (χ2v) is 3.65. The first-order valence-corrected chi connectivity index (χ1v) is 5.35. The molecule has 0 amide bonds. The number of nitrogens with zero attached hydrogens (tertiary/aromatic N) is 1. The Morgan fingerprint density at radius 2 is 1.81 bits per heavy atom. The van der Waals surface area contributed by atoms with Crippen LogP contribution in [-0.4, -0.2) is 32.1 Å². The van der Waals surface area contributed by atoms with Crippen molar-refractivity contribution in [2.24, 2.45) is 0 Å². The van der Waals surface area contributed by atoms with Gasteiger partial charge in [0.05, 0.1) is 7.11 Å². The van der Waals surface area contributed by atoms with Crippen LogP contribution in [0.1, 0.15) is 18.9 Å². The van der Waals surface area contributed by atoms with Crippen molar-refractivity contribution in [1.29, 1.82) is 0 Å². The van der Waals surface area contributed by atoms with Crippen LogP contribution in [0.5, 0.6) is 0 Å². The lowest BCUT2D eigenvalue weighted by Crippen LogP contribution is -2.10. The molecule has 90 valence electrons. The van der Waals surface area contributed by atoms with Crippen molar-refractivity contribution in [3.8, 4) is 0 Å². The monoisotopic (exact) mass is 223 g/mol. The molecule has 0 radical (unpaired) electrons. The van der Waals surface area contributed by atoms with Crippen molar-refractivity contribution >= 4 is 5.97 Å². The molecule has 3 nitrogen and oxygen atoms in total. The Morgan fingerprint density at radius 1 is 1.25 bits per heavy atom. The molecule has 0 aromatic heterocycles. The van der Waals surface area contributed by atoms with Gasteiger partial charge in [-0.1, -0.05) is 37.3 Å². The van der Waals surface area contributed by atoms with Gasteiger partial charge in [-0.3, -0.25) is 4.79 Å². The molecule has 1 rings (SSSR count). The fraction of sp³-hybridized carbons (Fsp3) is 0.462. The van der Waals surface area contributed by atoms with Gasteiger partial charge in [-0.15, -0.1) is 0 Å². The predicted molar refractivity (Wildman–Crippen MR) is 66.1 cm³/mol. The molecular formula is C13H21NO2. The molecule has 0 aliphatic heterocycles. The predicted octanol–water partition coefficient (Wildman–Crippen LogP) is 2.32.